The number of benzene rings is 1. The number of carbonyl (C=O) groups is 2. The van der Waals surface area contributed by atoms with Crippen LogP contribution in [-0.2, 0) is 6.42 Å². The van der Waals surface area contributed by atoms with Gasteiger partial charge in [-0.15, -0.1) is 0 Å². The predicted octanol–water partition coefficient (Wildman–Crippen LogP) is 1.51. The Kier molecular flexibility index (Phi) is 4.31. The van der Waals surface area contributed by atoms with E-state index in [2.05, 4.69) is 0 Å². The molecular weight excluding hydrogens is 324 g/mol. The second-order valence-corrected chi connectivity index (χ2v) is 5.97. The van der Waals surface area contributed by atoms with Gasteiger partial charge in [-0.1, -0.05) is 30.3 Å². The number of aromatic nitrogens is 1. The van der Waals surface area contributed by atoms with Crippen LogP contribution in [0.5, 0.6) is 5.75 Å². The normalized spacial score (nSPS) is 16.6. The predicted molar refractivity (Wildman–Crippen MR) is 90.1 cm³/mol. The number of carboxylic acid groups (broad SMARTS) is 1. The molecule has 0 fully saturated rings. The van der Waals surface area contributed by atoms with E-state index in [1.54, 1.807) is 4.90 Å². The van der Waals surface area contributed by atoms with Gasteiger partial charge in [0.1, 0.15) is 5.56 Å². The molecule has 1 aliphatic rings. The molecule has 1 aromatic carbocycles. The maximum atomic E-state index is 12.6. The highest BCUT2D eigenvalue weighted by atomic mass is 16.4. The summed E-state index contributed by atoms with van der Waals surface area (Å²) in [5, 5.41) is 19.4. The standard InChI is InChI=1S/C18H18N2O5/c1-2-19-9-12(8-11-6-4-3-5-7-11)20-10-13(18(24)25)15(21)16(22)14(20)17(19)23/h3-7,10,12,22H,2,8-9H2,1H3,(H,24,25). The molecule has 1 atom stereocenters. The topological polar surface area (TPSA) is 99.8 Å². The number of carbonyl (C=O) groups excluding carboxylic acids is 1. The molecule has 1 unspecified atom stereocenters. The summed E-state index contributed by atoms with van der Waals surface area (Å²) in [6.07, 6.45) is 1.71. The molecule has 0 saturated heterocycles. The molecule has 2 N–H and O–H groups in total. The molecule has 2 aromatic rings. The maximum Gasteiger partial charge on any atom is 0.341 e. The van der Waals surface area contributed by atoms with Crippen LogP contribution in [0.15, 0.2) is 41.3 Å². The van der Waals surface area contributed by atoms with Crippen molar-refractivity contribution in [3.05, 3.63) is 63.6 Å². The lowest BCUT2D eigenvalue weighted by atomic mass is 10.0. The molecule has 130 valence electrons. The second-order valence-electron chi connectivity index (χ2n) is 5.97. The minimum atomic E-state index is -1.43. The third-order valence-corrected chi connectivity index (χ3v) is 4.45. The van der Waals surface area contributed by atoms with E-state index in [0.29, 0.717) is 19.5 Å². The summed E-state index contributed by atoms with van der Waals surface area (Å²) in [6, 6.07) is 9.28. The molecule has 1 amide bonds. The van der Waals surface area contributed by atoms with Gasteiger partial charge in [0.05, 0.1) is 6.04 Å². The largest absolute Gasteiger partial charge is 0.503 e. The van der Waals surface area contributed by atoms with Crippen LogP contribution in [0.4, 0.5) is 0 Å². The Bertz CT molecular complexity index is 888. The molecule has 7 nitrogen and oxygen atoms in total. The monoisotopic (exact) mass is 342 g/mol. The van der Waals surface area contributed by atoms with Crippen LogP contribution in [0.3, 0.4) is 0 Å². The van der Waals surface area contributed by atoms with E-state index >= 15 is 0 Å². The van der Waals surface area contributed by atoms with Gasteiger partial charge in [-0.2, -0.15) is 0 Å². The number of aromatic hydroxyl groups is 1. The number of amides is 1. The Morgan fingerprint density at radius 1 is 1.24 bits per heavy atom. The first-order valence-corrected chi connectivity index (χ1v) is 7.98. The Morgan fingerprint density at radius 3 is 2.52 bits per heavy atom. The number of aromatic carboxylic acids is 1. The van der Waals surface area contributed by atoms with Crippen molar-refractivity contribution >= 4 is 11.9 Å². The molecule has 2 heterocycles. The molecule has 1 aliphatic heterocycles. The van der Waals surface area contributed by atoms with Crippen LogP contribution < -0.4 is 5.43 Å². The summed E-state index contributed by atoms with van der Waals surface area (Å²) in [4.78, 5) is 37.5. The molecule has 0 saturated carbocycles. The van der Waals surface area contributed by atoms with E-state index in [1.165, 1.54) is 4.57 Å². The van der Waals surface area contributed by atoms with Crippen molar-refractivity contribution in [3.63, 3.8) is 0 Å². The van der Waals surface area contributed by atoms with Crippen molar-refractivity contribution in [2.24, 2.45) is 0 Å². The Balaban J connectivity index is 2.16. The number of hydrogen-bond acceptors (Lipinski definition) is 4. The Morgan fingerprint density at radius 2 is 1.92 bits per heavy atom. The molecular formula is C18H18N2O5. The van der Waals surface area contributed by atoms with Crippen LogP contribution >= 0.6 is 0 Å². The molecule has 0 bridgehead atoms. The quantitative estimate of drug-likeness (QED) is 0.877. The fourth-order valence-electron chi connectivity index (χ4n) is 3.17. The van der Waals surface area contributed by atoms with Crippen molar-refractivity contribution in [2.75, 3.05) is 13.1 Å². The highest BCUT2D eigenvalue weighted by Crippen LogP contribution is 2.28. The highest BCUT2D eigenvalue weighted by Gasteiger charge is 2.34. The zero-order valence-corrected chi connectivity index (χ0v) is 13.7. The second kappa shape index (κ2) is 6.43. The third-order valence-electron chi connectivity index (χ3n) is 4.45. The van der Waals surface area contributed by atoms with Crippen molar-refractivity contribution in [3.8, 4) is 5.75 Å². The minimum absolute atomic E-state index is 0.149. The van der Waals surface area contributed by atoms with E-state index < -0.39 is 28.6 Å². The molecule has 0 aliphatic carbocycles. The zero-order chi connectivity index (χ0) is 18.1. The van der Waals surface area contributed by atoms with Gasteiger partial charge in [0.2, 0.25) is 5.43 Å². The molecule has 3 rings (SSSR count). The van der Waals surface area contributed by atoms with Gasteiger partial charge in [0.25, 0.3) is 5.91 Å². The number of likely N-dealkylation sites (N-methyl/N-ethyl adjacent to an activating group) is 1. The fraction of sp³-hybridized carbons (Fsp3) is 0.278. The van der Waals surface area contributed by atoms with Gasteiger partial charge in [-0.25, -0.2) is 4.79 Å². The lowest BCUT2D eigenvalue weighted by Gasteiger charge is -2.36. The highest BCUT2D eigenvalue weighted by molar-refractivity contribution is 5.97. The van der Waals surface area contributed by atoms with Crippen LogP contribution in [0.25, 0.3) is 0 Å². The lowest BCUT2D eigenvalue weighted by molar-refractivity contribution is 0.0652. The van der Waals surface area contributed by atoms with Gasteiger partial charge < -0.3 is 19.7 Å². The summed E-state index contributed by atoms with van der Waals surface area (Å²) >= 11 is 0. The first-order valence-electron chi connectivity index (χ1n) is 7.98. The first kappa shape index (κ1) is 16.8. The number of pyridine rings is 1. The van der Waals surface area contributed by atoms with Crippen molar-refractivity contribution in [1.29, 1.82) is 0 Å². The van der Waals surface area contributed by atoms with Gasteiger partial charge >= 0.3 is 5.97 Å². The summed E-state index contributed by atoms with van der Waals surface area (Å²) in [5.41, 5.74) is -0.719. The Hall–Kier alpha value is -3.09. The minimum Gasteiger partial charge on any atom is -0.503 e. The van der Waals surface area contributed by atoms with Gasteiger partial charge in [0.15, 0.2) is 11.4 Å². The molecule has 0 spiro atoms. The SMILES string of the molecule is CCN1CC(Cc2ccccc2)n2cc(C(=O)O)c(=O)c(O)c2C1=O. The van der Waals surface area contributed by atoms with Gasteiger partial charge in [0, 0.05) is 19.3 Å². The number of rotatable bonds is 4. The van der Waals surface area contributed by atoms with E-state index in [4.69, 9.17) is 0 Å². The maximum absolute atomic E-state index is 12.6. The Labute approximate surface area is 143 Å². The van der Waals surface area contributed by atoms with Crippen molar-refractivity contribution in [2.45, 2.75) is 19.4 Å². The van der Waals surface area contributed by atoms with Crippen LogP contribution in [-0.4, -0.2) is 44.6 Å². The van der Waals surface area contributed by atoms with Crippen molar-refractivity contribution < 1.29 is 19.8 Å². The van der Waals surface area contributed by atoms with Gasteiger partial charge in [-0.05, 0) is 18.9 Å². The van der Waals surface area contributed by atoms with E-state index in [1.807, 2.05) is 37.3 Å². The smallest absolute Gasteiger partial charge is 0.341 e. The molecule has 1 aromatic heterocycles. The van der Waals surface area contributed by atoms with Gasteiger partial charge in [-0.3, -0.25) is 9.59 Å². The van der Waals surface area contributed by atoms with Crippen LogP contribution in [0.1, 0.15) is 39.4 Å². The summed E-state index contributed by atoms with van der Waals surface area (Å²) in [6.45, 7) is 2.62. The number of carboxylic acids is 1. The zero-order valence-electron chi connectivity index (χ0n) is 13.7. The third kappa shape index (κ3) is 2.88. The number of nitrogens with zero attached hydrogens (tertiary/aromatic N) is 2. The molecule has 25 heavy (non-hydrogen) atoms. The summed E-state index contributed by atoms with van der Waals surface area (Å²) in [5.74, 6) is -2.71. The van der Waals surface area contributed by atoms with Crippen LogP contribution in [0.2, 0.25) is 0 Å². The van der Waals surface area contributed by atoms with E-state index in [0.717, 1.165) is 11.8 Å². The molecule has 0 radical (unpaired) electrons. The van der Waals surface area contributed by atoms with E-state index in [-0.39, 0.29) is 11.7 Å². The average Bonchev–Trinajstić information content (AvgIpc) is 2.60. The lowest BCUT2D eigenvalue weighted by Crippen LogP contribution is -2.45. The fourth-order valence-corrected chi connectivity index (χ4v) is 3.17. The average molecular weight is 342 g/mol. The van der Waals surface area contributed by atoms with E-state index in [9.17, 15) is 24.6 Å². The van der Waals surface area contributed by atoms with Crippen LogP contribution in [0, 0.1) is 0 Å². The number of hydrogen-bond donors (Lipinski definition) is 2. The molecule has 7 heteroatoms. The van der Waals surface area contributed by atoms with Crippen molar-refractivity contribution in [1.82, 2.24) is 9.47 Å². The summed E-state index contributed by atoms with van der Waals surface area (Å²) < 4.78 is 1.43. The summed E-state index contributed by atoms with van der Waals surface area (Å²) in [7, 11) is 0. The first-order chi connectivity index (χ1) is 11.9. The number of fused-ring (bicyclic) bond motifs is 1.